The fraction of sp³-hybridized carbons (Fsp3) is 0.400. The Morgan fingerprint density at radius 3 is 2.81 bits per heavy atom. The molecule has 0 fully saturated rings. The summed E-state index contributed by atoms with van der Waals surface area (Å²) in [4.78, 5) is 36.4. The van der Waals surface area contributed by atoms with Crippen LogP contribution in [-0.4, -0.2) is 37.4 Å². The van der Waals surface area contributed by atoms with Crippen molar-refractivity contribution < 1.29 is 23.9 Å². The molecule has 1 heterocycles. The van der Waals surface area contributed by atoms with E-state index in [0.29, 0.717) is 30.0 Å². The van der Waals surface area contributed by atoms with Gasteiger partial charge >= 0.3 is 5.97 Å². The number of ketones is 1. The lowest BCUT2D eigenvalue weighted by Crippen LogP contribution is -2.42. The molecule has 2 rings (SSSR count). The highest BCUT2D eigenvalue weighted by Crippen LogP contribution is 2.33. The third-order valence-electron chi connectivity index (χ3n) is 3.06. The van der Waals surface area contributed by atoms with Gasteiger partial charge in [0.25, 0.3) is 5.91 Å². The highest BCUT2D eigenvalue weighted by Gasteiger charge is 2.28. The highest BCUT2D eigenvalue weighted by atomic mass is 16.5. The summed E-state index contributed by atoms with van der Waals surface area (Å²) in [5.41, 5.74) is 0.881. The maximum atomic E-state index is 12.0. The van der Waals surface area contributed by atoms with Crippen molar-refractivity contribution in [3.8, 4) is 5.75 Å². The number of nitrogens with zero attached hydrogens (tertiary/aromatic N) is 1. The number of esters is 1. The Morgan fingerprint density at radius 1 is 1.38 bits per heavy atom. The number of anilines is 1. The van der Waals surface area contributed by atoms with Crippen molar-refractivity contribution in [1.82, 2.24) is 0 Å². The summed E-state index contributed by atoms with van der Waals surface area (Å²) in [5.74, 6) is -0.463. The van der Waals surface area contributed by atoms with Crippen molar-refractivity contribution in [2.75, 3.05) is 24.7 Å². The van der Waals surface area contributed by atoms with Gasteiger partial charge in [-0.25, -0.2) is 0 Å². The summed E-state index contributed by atoms with van der Waals surface area (Å²) in [6.07, 6.45) is 0.716. The molecule has 1 aliphatic heterocycles. The van der Waals surface area contributed by atoms with Gasteiger partial charge in [-0.05, 0) is 31.5 Å². The number of ether oxygens (including phenoxy) is 2. The van der Waals surface area contributed by atoms with E-state index in [1.165, 1.54) is 11.8 Å². The molecule has 1 aromatic rings. The van der Waals surface area contributed by atoms with Crippen LogP contribution in [0.15, 0.2) is 18.2 Å². The number of carbonyl (C=O) groups is 3. The van der Waals surface area contributed by atoms with Gasteiger partial charge in [0.2, 0.25) is 0 Å². The highest BCUT2D eigenvalue weighted by molar-refractivity contribution is 6.03. The molecule has 0 saturated heterocycles. The van der Waals surface area contributed by atoms with E-state index in [1.54, 1.807) is 18.2 Å². The van der Waals surface area contributed by atoms with Crippen LogP contribution in [0.2, 0.25) is 0 Å². The minimum absolute atomic E-state index is 0.121. The first-order valence-corrected chi connectivity index (χ1v) is 6.76. The van der Waals surface area contributed by atoms with Crippen molar-refractivity contribution in [2.24, 2.45) is 0 Å². The molecule has 0 aliphatic carbocycles. The molecule has 21 heavy (non-hydrogen) atoms. The van der Waals surface area contributed by atoms with E-state index < -0.39 is 5.97 Å². The van der Waals surface area contributed by atoms with E-state index in [0.717, 1.165) is 0 Å². The SMILES string of the molecule is CCCOC(=O)CN1C(=O)COc2ccc(C(C)=O)cc21. The number of hydrogen-bond donors (Lipinski definition) is 0. The first-order chi connectivity index (χ1) is 10.0. The van der Waals surface area contributed by atoms with Gasteiger partial charge in [0, 0.05) is 5.56 Å². The average Bonchev–Trinajstić information content (AvgIpc) is 2.47. The molecule has 6 heteroatoms. The van der Waals surface area contributed by atoms with Crippen LogP contribution in [0.3, 0.4) is 0 Å². The second-order valence-electron chi connectivity index (χ2n) is 4.73. The molecule has 0 unspecified atom stereocenters. The Kier molecular flexibility index (Phi) is 4.57. The minimum Gasteiger partial charge on any atom is -0.482 e. The van der Waals surface area contributed by atoms with Gasteiger partial charge in [-0.2, -0.15) is 0 Å². The minimum atomic E-state index is -0.480. The molecule has 1 aromatic carbocycles. The van der Waals surface area contributed by atoms with Gasteiger partial charge in [-0.15, -0.1) is 0 Å². The number of fused-ring (bicyclic) bond motifs is 1. The van der Waals surface area contributed by atoms with Crippen LogP contribution in [0.25, 0.3) is 0 Å². The first-order valence-electron chi connectivity index (χ1n) is 6.76. The van der Waals surface area contributed by atoms with E-state index in [1.807, 2.05) is 6.92 Å². The van der Waals surface area contributed by atoms with Crippen molar-refractivity contribution in [2.45, 2.75) is 20.3 Å². The molecule has 0 radical (unpaired) electrons. The van der Waals surface area contributed by atoms with Gasteiger partial charge in [0.15, 0.2) is 12.4 Å². The summed E-state index contributed by atoms with van der Waals surface area (Å²) >= 11 is 0. The molecule has 0 aromatic heterocycles. The second kappa shape index (κ2) is 6.39. The van der Waals surface area contributed by atoms with Gasteiger partial charge in [-0.1, -0.05) is 6.92 Å². The Morgan fingerprint density at radius 2 is 2.14 bits per heavy atom. The zero-order chi connectivity index (χ0) is 15.4. The lowest BCUT2D eigenvalue weighted by Gasteiger charge is -2.28. The normalized spacial score (nSPS) is 13.4. The van der Waals surface area contributed by atoms with Crippen LogP contribution in [0, 0.1) is 0 Å². The van der Waals surface area contributed by atoms with E-state index in [9.17, 15) is 14.4 Å². The lowest BCUT2D eigenvalue weighted by atomic mass is 10.1. The van der Waals surface area contributed by atoms with Gasteiger partial charge < -0.3 is 9.47 Å². The molecule has 0 saturated carbocycles. The monoisotopic (exact) mass is 291 g/mol. The molecule has 1 aliphatic rings. The maximum Gasteiger partial charge on any atom is 0.326 e. The number of carbonyl (C=O) groups excluding carboxylic acids is 3. The quantitative estimate of drug-likeness (QED) is 0.608. The van der Waals surface area contributed by atoms with Crippen molar-refractivity contribution in [1.29, 1.82) is 0 Å². The van der Waals surface area contributed by atoms with E-state index in [-0.39, 0.29) is 24.8 Å². The maximum absolute atomic E-state index is 12.0. The number of rotatable bonds is 5. The van der Waals surface area contributed by atoms with Gasteiger partial charge in [-0.3, -0.25) is 19.3 Å². The zero-order valence-corrected chi connectivity index (χ0v) is 12.0. The summed E-state index contributed by atoms with van der Waals surface area (Å²) in [6, 6.07) is 4.81. The Bertz CT molecular complexity index is 581. The summed E-state index contributed by atoms with van der Waals surface area (Å²) < 4.78 is 10.3. The van der Waals surface area contributed by atoms with Gasteiger partial charge in [0.1, 0.15) is 12.3 Å². The molecule has 0 N–H and O–H groups in total. The first kappa shape index (κ1) is 15.0. The molecule has 6 nitrogen and oxygen atoms in total. The summed E-state index contributed by atoms with van der Waals surface area (Å²) in [7, 11) is 0. The molecule has 0 bridgehead atoms. The molecule has 0 atom stereocenters. The summed E-state index contributed by atoms with van der Waals surface area (Å²) in [5, 5.41) is 0. The van der Waals surface area contributed by atoms with Crippen molar-refractivity contribution in [3.63, 3.8) is 0 Å². The fourth-order valence-electron chi connectivity index (χ4n) is 1.99. The Labute approximate surface area is 122 Å². The largest absolute Gasteiger partial charge is 0.482 e. The van der Waals surface area contributed by atoms with Crippen LogP contribution in [-0.2, 0) is 14.3 Å². The fourth-order valence-corrected chi connectivity index (χ4v) is 1.99. The smallest absolute Gasteiger partial charge is 0.326 e. The number of benzene rings is 1. The lowest BCUT2D eigenvalue weighted by molar-refractivity contribution is -0.143. The van der Waals surface area contributed by atoms with Crippen LogP contribution >= 0.6 is 0 Å². The zero-order valence-electron chi connectivity index (χ0n) is 12.0. The molecule has 1 amide bonds. The topological polar surface area (TPSA) is 72.9 Å². The number of hydrogen-bond acceptors (Lipinski definition) is 5. The third-order valence-corrected chi connectivity index (χ3v) is 3.06. The van der Waals surface area contributed by atoms with Crippen LogP contribution in [0.5, 0.6) is 5.75 Å². The van der Waals surface area contributed by atoms with Crippen LogP contribution in [0.1, 0.15) is 30.6 Å². The molecule has 112 valence electrons. The van der Waals surface area contributed by atoms with Crippen molar-refractivity contribution >= 4 is 23.3 Å². The predicted octanol–water partition coefficient (Wildman–Crippen LogP) is 1.57. The van der Waals surface area contributed by atoms with E-state index in [4.69, 9.17) is 9.47 Å². The van der Waals surface area contributed by atoms with E-state index >= 15 is 0 Å². The molecule has 0 spiro atoms. The van der Waals surface area contributed by atoms with Crippen LogP contribution < -0.4 is 9.64 Å². The molecular weight excluding hydrogens is 274 g/mol. The number of Topliss-reactive ketones (excluding diaryl/α,β-unsaturated/α-hetero) is 1. The number of amides is 1. The third kappa shape index (κ3) is 3.39. The molecular formula is C15H17NO5. The summed E-state index contributed by atoms with van der Waals surface area (Å²) in [6.45, 7) is 3.33. The Balaban J connectivity index is 2.26. The Hall–Kier alpha value is -2.37. The average molecular weight is 291 g/mol. The van der Waals surface area contributed by atoms with Gasteiger partial charge in [0.05, 0.1) is 12.3 Å². The standard InChI is InChI=1S/C15H17NO5/c1-3-6-20-15(19)8-16-12-7-11(10(2)17)4-5-13(12)21-9-14(16)18/h4-5,7H,3,6,8-9H2,1-2H3. The predicted molar refractivity (Wildman–Crippen MR) is 75.5 cm³/mol. The van der Waals surface area contributed by atoms with E-state index in [2.05, 4.69) is 0 Å². The van der Waals surface area contributed by atoms with Crippen LogP contribution in [0.4, 0.5) is 5.69 Å². The van der Waals surface area contributed by atoms with Crippen molar-refractivity contribution in [3.05, 3.63) is 23.8 Å². The second-order valence-corrected chi connectivity index (χ2v) is 4.73.